The van der Waals surface area contributed by atoms with Gasteiger partial charge in [0.05, 0.1) is 12.8 Å². The normalized spacial score (nSPS) is 10.1. The predicted molar refractivity (Wildman–Crippen MR) is 62.6 cm³/mol. The molecule has 0 aliphatic rings. The molecule has 2 rings (SSSR count). The Morgan fingerprint density at radius 1 is 1.38 bits per heavy atom. The van der Waals surface area contributed by atoms with Gasteiger partial charge in [-0.3, -0.25) is 0 Å². The molecular weight excluding hydrogens is 272 g/mol. The summed E-state index contributed by atoms with van der Waals surface area (Å²) in [6.07, 6.45) is 0. The van der Waals surface area contributed by atoms with Crippen molar-refractivity contribution < 1.29 is 9.53 Å². The summed E-state index contributed by atoms with van der Waals surface area (Å²) in [6, 6.07) is 11.0. The van der Waals surface area contributed by atoms with Crippen molar-refractivity contribution in [3.63, 3.8) is 0 Å². The van der Waals surface area contributed by atoms with Crippen LogP contribution in [0, 0.1) is 0 Å². The molecule has 2 aromatic rings. The van der Waals surface area contributed by atoms with Crippen molar-refractivity contribution in [2.24, 2.45) is 0 Å². The SMILES string of the molecule is COC(=O)c1cc(Br)nn1-c1ccccc1. The van der Waals surface area contributed by atoms with E-state index >= 15 is 0 Å². The van der Waals surface area contributed by atoms with Crippen LogP contribution in [0.3, 0.4) is 0 Å². The fourth-order valence-corrected chi connectivity index (χ4v) is 1.74. The Labute approximate surface area is 101 Å². The Hall–Kier alpha value is -1.62. The first kappa shape index (κ1) is 10.9. The smallest absolute Gasteiger partial charge is 0.356 e. The minimum Gasteiger partial charge on any atom is -0.464 e. The second-order valence-corrected chi connectivity index (χ2v) is 3.90. The van der Waals surface area contributed by atoms with Crippen molar-refractivity contribution >= 4 is 21.9 Å². The monoisotopic (exact) mass is 280 g/mol. The van der Waals surface area contributed by atoms with Crippen LogP contribution in [-0.4, -0.2) is 22.9 Å². The number of carbonyl (C=O) groups is 1. The number of ether oxygens (including phenoxy) is 1. The number of aromatic nitrogens is 2. The number of halogens is 1. The van der Waals surface area contributed by atoms with Gasteiger partial charge in [-0.2, -0.15) is 5.10 Å². The number of nitrogens with zero attached hydrogens (tertiary/aromatic N) is 2. The van der Waals surface area contributed by atoms with E-state index in [4.69, 9.17) is 4.74 Å². The molecule has 4 nitrogen and oxygen atoms in total. The van der Waals surface area contributed by atoms with E-state index in [0.717, 1.165) is 5.69 Å². The first-order valence-corrected chi connectivity index (χ1v) is 5.41. The summed E-state index contributed by atoms with van der Waals surface area (Å²) in [5.74, 6) is -0.415. The summed E-state index contributed by atoms with van der Waals surface area (Å²) in [7, 11) is 1.35. The Morgan fingerprint density at radius 2 is 2.06 bits per heavy atom. The molecule has 0 aliphatic heterocycles. The van der Waals surface area contributed by atoms with Crippen LogP contribution in [0.25, 0.3) is 5.69 Å². The van der Waals surface area contributed by atoms with Gasteiger partial charge in [0.15, 0.2) is 5.69 Å². The van der Waals surface area contributed by atoms with E-state index in [2.05, 4.69) is 21.0 Å². The van der Waals surface area contributed by atoms with Gasteiger partial charge in [0, 0.05) is 6.07 Å². The van der Waals surface area contributed by atoms with E-state index in [9.17, 15) is 4.79 Å². The van der Waals surface area contributed by atoms with Crippen LogP contribution in [0.15, 0.2) is 41.0 Å². The van der Waals surface area contributed by atoms with E-state index < -0.39 is 5.97 Å². The van der Waals surface area contributed by atoms with Crippen LogP contribution < -0.4 is 0 Å². The molecule has 5 heteroatoms. The van der Waals surface area contributed by atoms with Gasteiger partial charge in [0.2, 0.25) is 0 Å². The van der Waals surface area contributed by atoms with Gasteiger partial charge in [-0.05, 0) is 28.1 Å². The standard InChI is InChI=1S/C11H9BrN2O2/c1-16-11(15)9-7-10(12)13-14(9)8-5-3-2-4-6-8/h2-7H,1H3. The molecule has 0 saturated carbocycles. The van der Waals surface area contributed by atoms with E-state index in [1.165, 1.54) is 11.8 Å². The van der Waals surface area contributed by atoms with Crippen molar-refractivity contribution in [2.45, 2.75) is 0 Å². The molecule has 0 bridgehead atoms. The first-order valence-electron chi connectivity index (χ1n) is 4.61. The summed E-state index contributed by atoms with van der Waals surface area (Å²) >= 11 is 3.24. The highest BCUT2D eigenvalue weighted by atomic mass is 79.9. The molecule has 0 fully saturated rings. The number of hydrogen-bond acceptors (Lipinski definition) is 3. The van der Waals surface area contributed by atoms with Crippen LogP contribution >= 0.6 is 15.9 Å². The maximum atomic E-state index is 11.5. The predicted octanol–water partition coefficient (Wildman–Crippen LogP) is 2.42. The number of carbonyl (C=O) groups excluding carboxylic acids is 1. The summed E-state index contributed by atoms with van der Waals surface area (Å²) in [5.41, 5.74) is 1.20. The molecule has 0 unspecified atom stereocenters. The van der Waals surface area contributed by atoms with Crippen LogP contribution in [0.2, 0.25) is 0 Å². The van der Waals surface area contributed by atoms with Gasteiger partial charge in [-0.1, -0.05) is 18.2 Å². The number of rotatable bonds is 2. The molecule has 0 saturated heterocycles. The number of hydrogen-bond donors (Lipinski definition) is 0. The Morgan fingerprint density at radius 3 is 2.69 bits per heavy atom. The lowest BCUT2D eigenvalue weighted by atomic mass is 10.3. The third-order valence-corrected chi connectivity index (χ3v) is 2.46. The van der Waals surface area contributed by atoms with Crippen LogP contribution in [-0.2, 0) is 4.74 Å². The van der Waals surface area contributed by atoms with Crippen molar-refractivity contribution in [1.29, 1.82) is 0 Å². The van der Waals surface area contributed by atoms with E-state index in [-0.39, 0.29) is 0 Å². The Kier molecular flexibility index (Phi) is 3.05. The molecular formula is C11H9BrN2O2. The molecule has 82 valence electrons. The summed E-state index contributed by atoms with van der Waals surface area (Å²) < 4.78 is 6.82. The van der Waals surface area contributed by atoms with Crippen LogP contribution in [0.1, 0.15) is 10.5 Å². The van der Waals surface area contributed by atoms with E-state index in [1.54, 1.807) is 6.07 Å². The fourth-order valence-electron chi connectivity index (χ4n) is 1.37. The average Bonchev–Trinajstić information content (AvgIpc) is 2.71. The molecule has 0 N–H and O–H groups in total. The number of esters is 1. The largest absolute Gasteiger partial charge is 0.464 e. The van der Waals surface area contributed by atoms with E-state index in [1.807, 2.05) is 30.3 Å². The van der Waals surface area contributed by atoms with Gasteiger partial charge in [-0.25, -0.2) is 9.48 Å². The van der Waals surface area contributed by atoms with Crippen LogP contribution in [0.5, 0.6) is 0 Å². The lowest BCUT2D eigenvalue weighted by molar-refractivity contribution is 0.0590. The highest BCUT2D eigenvalue weighted by Gasteiger charge is 2.15. The lowest BCUT2D eigenvalue weighted by Crippen LogP contribution is -2.09. The highest BCUT2D eigenvalue weighted by Crippen LogP contribution is 2.16. The van der Waals surface area contributed by atoms with Gasteiger partial charge in [-0.15, -0.1) is 0 Å². The van der Waals surface area contributed by atoms with Crippen molar-refractivity contribution in [3.8, 4) is 5.69 Å². The molecule has 0 spiro atoms. The highest BCUT2D eigenvalue weighted by molar-refractivity contribution is 9.10. The van der Waals surface area contributed by atoms with Crippen molar-refractivity contribution in [1.82, 2.24) is 9.78 Å². The number of para-hydroxylation sites is 1. The zero-order valence-electron chi connectivity index (χ0n) is 8.55. The van der Waals surface area contributed by atoms with Crippen LogP contribution in [0.4, 0.5) is 0 Å². The molecule has 0 atom stereocenters. The average molecular weight is 281 g/mol. The van der Waals surface area contributed by atoms with Gasteiger partial charge < -0.3 is 4.74 Å². The van der Waals surface area contributed by atoms with Gasteiger partial charge in [0.1, 0.15) is 4.60 Å². The first-order chi connectivity index (χ1) is 7.72. The van der Waals surface area contributed by atoms with E-state index in [0.29, 0.717) is 10.3 Å². The third kappa shape index (κ3) is 1.99. The fraction of sp³-hybridized carbons (Fsp3) is 0.0909. The molecule has 0 radical (unpaired) electrons. The third-order valence-electron chi connectivity index (χ3n) is 2.07. The zero-order valence-corrected chi connectivity index (χ0v) is 10.1. The molecule has 1 aromatic carbocycles. The second-order valence-electron chi connectivity index (χ2n) is 3.09. The van der Waals surface area contributed by atoms with Gasteiger partial charge >= 0.3 is 5.97 Å². The molecule has 0 amide bonds. The minimum atomic E-state index is -0.415. The molecule has 1 heterocycles. The van der Waals surface area contributed by atoms with Crippen molar-refractivity contribution in [2.75, 3.05) is 7.11 Å². The topological polar surface area (TPSA) is 44.1 Å². The lowest BCUT2D eigenvalue weighted by Gasteiger charge is -2.04. The number of benzene rings is 1. The summed E-state index contributed by atoms with van der Waals surface area (Å²) in [6.45, 7) is 0. The van der Waals surface area contributed by atoms with Gasteiger partial charge in [0.25, 0.3) is 0 Å². The second kappa shape index (κ2) is 4.49. The summed E-state index contributed by atoms with van der Waals surface area (Å²) in [5, 5.41) is 4.18. The zero-order chi connectivity index (χ0) is 11.5. The van der Waals surface area contributed by atoms with Crippen molar-refractivity contribution in [3.05, 3.63) is 46.7 Å². The Bertz CT molecular complexity index is 508. The number of methoxy groups -OCH3 is 1. The molecule has 0 aliphatic carbocycles. The maximum Gasteiger partial charge on any atom is 0.356 e. The molecule has 16 heavy (non-hydrogen) atoms. The minimum absolute atomic E-state index is 0.389. The molecule has 1 aromatic heterocycles. The quantitative estimate of drug-likeness (QED) is 0.794. The Balaban J connectivity index is 2.53. The maximum absolute atomic E-state index is 11.5. The summed E-state index contributed by atoms with van der Waals surface area (Å²) in [4.78, 5) is 11.5.